The first-order valence-corrected chi connectivity index (χ1v) is 7.62. The molecule has 0 heterocycles. The van der Waals surface area contributed by atoms with Gasteiger partial charge < -0.3 is 5.32 Å². The molecule has 0 bridgehead atoms. The Morgan fingerprint density at radius 3 is 2.37 bits per heavy atom. The highest BCUT2D eigenvalue weighted by atomic mass is 14.9. The molecule has 1 unspecified atom stereocenters. The fourth-order valence-corrected chi connectivity index (χ4v) is 2.33. The molecule has 0 aromatic heterocycles. The lowest BCUT2D eigenvalue weighted by atomic mass is 9.93. The first-order chi connectivity index (χ1) is 8.78. The molecule has 0 aliphatic heterocycles. The molecule has 1 rings (SSSR count). The maximum Gasteiger partial charge on any atom is 0.00965 e. The van der Waals surface area contributed by atoms with Crippen molar-refractivity contribution in [3.8, 4) is 0 Å². The van der Waals surface area contributed by atoms with Gasteiger partial charge in [0.05, 0.1) is 0 Å². The van der Waals surface area contributed by atoms with Crippen molar-refractivity contribution in [3.05, 3.63) is 35.4 Å². The van der Waals surface area contributed by atoms with E-state index in [-0.39, 0.29) is 5.54 Å². The van der Waals surface area contributed by atoms with Crippen LogP contribution in [0.4, 0.5) is 0 Å². The number of hydrogen-bond acceptors (Lipinski definition) is 1. The Balaban J connectivity index is 2.54. The predicted octanol–water partition coefficient (Wildman–Crippen LogP) is 4.77. The van der Waals surface area contributed by atoms with Gasteiger partial charge in [-0.3, -0.25) is 0 Å². The summed E-state index contributed by atoms with van der Waals surface area (Å²) < 4.78 is 0. The molecule has 108 valence electrons. The summed E-state index contributed by atoms with van der Waals surface area (Å²) in [5.74, 6) is 1.36. The fraction of sp³-hybridized carbons (Fsp3) is 0.667. The molecule has 1 heteroatoms. The highest BCUT2D eigenvalue weighted by Crippen LogP contribution is 2.21. The molecular weight excluding hydrogens is 230 g/mol. The Kier molecular flexibility index (Phi) is 6.06. The average molecular weight is 261 g/mol. The van der Waals surface area contributed by atoms with E-state index in [1.165, 1.54) is 24.0 Å². The van der Waals surface area contributed by atoms with E-state index in [2.05, 4.69) is 71.1 Å². The van der Waals surface area contributed by atoms with Crippen molar-refractivity contribution in [1.29, 1.82) is 0 Å². The van der Waals surface area contributed by atoms with E-state index in [4.69, 9.17) is 0 Å². The number of benzene rings is 1. The molecule has 0 saturated carbocycles. The van der Waals surface area contributed by atoms with Gasteiger partial charge in [0, 0.05) is 5.54 Å². The highest BCUT2D eigenvalue weighted by molar-refractivity contribution is 5.26. The van der Waals surface area contributed by atoms with E-state index in [1.807, 2.05) is 0 Å². The van der Waals surface area contributed by atoms with Crippen molar-refractivity contribution in [2.45, 2.75) is 65.8 Å². The van der Waals surface area contributed by atoms with Crippen LogP contribution < -0.4 is 5.32 Å². The number of rotatable bonds is 6. The summed E-state index contributed by atoms with van der Waals surface area (Å²) in [6.45, 7) is 14.6. The normalized spacial score (nSPS) is 13.8. The van der Waals surface area contributed by atoms with Crippen LogP contribution in [0, 0.1) is 5.92 Å². The van der Waals surface area contributed by atoms with Gasteiger partial charge in [0.15, 0.2) is 0 Å². The summed E-state index contributed by atoms with van der Waals surface area (Å²) in [4.78, 5) is 0. The van der Waals surface area contributed by atoms with Gasteiger partial charge in [0.25, 0.3) is 0 Å². The summed E-state index contributed by atoms with van der Waals surface area (Å²) in [5.41, 5.74) is 3.18. The zero-order valence-corrected chi connectivity index (χ0v) is 13.6. The Labute approximate surface area is 119 Å². The topological polar surface area (TPSA) is 12.0 Å². The summed E-state index contributed by atoms with van der Waals surface area (Å²) in [7, 11) is 0. The van der Waals surface area contributed by atoms with Gasteiger partial charge in [0.2, 0.25) is 0 Å². The second kappa shape index (κ2) is 7.09. The smallest absolute Gasteiger partial charge is 0.00965 e. The van der Waals surface area contributed by atoms with Crippen LogP contribution in [0.3, 0.4) is 0 Å². The molecule has 1 atom stereocenters. The zero-order valence-electron chi connectivity index (χ0n) is 13.6. The monoisotopic (exact) mass is 261 g/mol. The Morgan fingerprint density at radius 1 is 1.11 bits per heavy atom. The van der Waals surface area contributed by atoms with Crippen LogP contribution in [0.15, 0.2) is 24.3 Å². The molecule has 0 fully saturated rings. The summed E-state index contributed by atoms with van der Waals surface area (Å²) in [6.07, 6.45) is 2.38. The van der Waals surface area contributed by atoms with Crippen LogP contribution in [0.25, 0.3) is 0 Å². The molecule has 0 radical (unpaired) electrons. The minimum Gasteiger partial charge on any atom is -0.312 e. The standard InChI is InChI=1S/C18H31N/c1-14(2)12-16-8-7-9-17(13-16)15(3)10-11-19-18(4,5)6/h7-9,13-15,19H,10-12H2,1-6H3. The van der Waals surface area contributed by atoms with E-state index < -0.39 is 0 Å². The third-order valence-electron chi connectivity index (χ3n) is 3.40. The van der Waals surface area contributed by atoms with Crippen LogP contribution in [-0.2, 0) is 6.42 Å². The lowest BCUT2D eigenvalue weighted by Gasteiger charge is -2.22. The van der Waals surface area contributed by atoms with E-state index in [1.54, 1.807) is 0 Å². The van der Waals surface area contributed by atoms with E-state index >= 15 is 0 Å². The molecule has 0 aliphatic carbocycles. The minimum atomic E-state index is 0.221. The van der Waals surface area contributed by atoms with Crippen LogP contribution >= 0.6 is 0 Å². The summed E-state index contributed by atoms with van der Waals surface area (Å²) in [6, 6.07) is 9.12. The van der Waals surface area contributed by atoms with Crippen LogP contribution in [0.2, 0.25) is 0 Å². The molecule has 19 heavy (non-hydrogen) atoms. The van der Waals surface area contributed by atoms with E-state index in [0.717, 1.165) is 12.5 Å². The van der Waals surface area contributed by atoms with Gasteiger partial charge in [-0.15, -0.1) is 0 Å². The molecule has 0 saturated heterocycles. The van der Waals surface area contributed by atoms with Gasteiger partial charge in [-0.05, 0) is 63.1 Å². The molecule has 1 nitrogen and oxygen atoms in total. The Hall–Kier alpha value is -0.820. The van der Waals surface area contributed by atoms with Gasteiger partial charge >= 0.3 is 0 Å². The summed E-state index contributed by atoms with van der Waals surface area (Å²) >= 11 is 0. The van der Waals surface area contributed by atoms with Crippen molar-refractivity contribution in [1.82, 2.24) is 5.32 Å². The average Bonchev–Trinajstić information content (AvgIpc) is 2.26. The van der Waals surface area contributed by atoms with Crippen molar-refractivity contribution in [2.75, 3.05) is 6.54 Å². The van der Waals surface area contributed by atoms with Crippen LogP contribution in [0.1, 0.15) is 65.0 Å². The summed E-state index contributed by atoms with van der Waals surface area (Å²) in [5, 5.41) is 3.57. The SMILES string of the molecule is CC(C)Cc1cccc(C(C)CCNC(C)(C)C)c1. The van der Waals surface area contributed by atoms with E-state index in [0.29, 0.717) is 5.92 Å². The van der Waals surface area contributed by atoms with Crippen molar-refractivity contribution < 1.29 is 0 Å². The Bertz CT molecular complexity index is 374. The number of nitrogens with one attached hydrogen (secondary N) is 1. The second-order valence-corrected chi connectivity index (χ2v) is 7.21. The van der Waals surface area contributed by atoms with Crippen molar-refractivity contribution in [2.24, 2.45) is 5.92 Å². The first-order valence-electron chi connectivity index (χ1n) is 7.62. The van der Waals surface area contributed by atoms with Crippen LogP contribution in [0.5, 0.6) is 0 Å². The highest BCUT2D eigenvalue weighted by Gasteiger charge is 2.11. The van der Waals surface area contributed by atoms with E-state index in [9.17, 15) is 0 Å². The molecule has 1 aromatic carbocycles. The predicted molar refractivity (Wildman–Crippen MR) is 85.8 cm³/mol. The molecule has 0 spiro atoms. The van der Waals surface area contributed by atoms with Gasteiger partial charge in [-0.1, -0.05) is 45.0 Å². The number of hydrogen-bond donors (Lipinski definition) is 1. The maximum absolute atomic E-state index is 3.57. The third kappa shape index (κ3) is 6.77. The Morgan fingerprint density at radius 2 is 1.79 bits per heavy atom. The largest absolute Gasteiger partial charge is 0.312 e. The van der Waals surface area contributed by atoms with Gasteiger partial charge in [0.1, 0.15) is 0 Å². The fourth-order valence-electron chi connectivity index (χ4n) is 2.33. The molecule has 1 N–H and O–H groups in total. The van der Waals surface area contributed by atoms with Crippen molar-refractivity contribution >= 4 is 0 Å². The molecular formula is C18H31N. The van der Waals surface area contributed by atoms with Gasteiger partial charge in [-0.2, -0.15) is 0 Å². The molecule has 1 aromatic rings. The lowest BCUT2D eigenvalue weighted by molar-refractivity contribution is 0.413. The maximum atomic E-state index is 3.57. The van der Waals surface area contributed by atoms with Crippen LogP contribution in [-0.4, -0.2) is 12.1 Å². The zero-order chi connectivity index (χ0) is 14.5. The molecule has 0 aliphatic rings. The van der Waals surface area contributed by atoms with Crippen molar-refractivity contribution in [3.63, 3.8) is 0 Å². The first kappa shape index (κ1) is 16.2. The van der Waals surface area contributed by atoms with Gasteiger partial charge in [-0.25, -0.2) is 0 Å². The quantitative estimate of drug-likeness (QED) is 0.778. The molecule has 0 amide bonds. The lowest BCUT2D eigenvalue weighted by Crippen LogP contribution is -2.36. The third-order valence-corrected chi connectivity index (χ3v) is 3.40. The minimum absolute atomic E-state index is 0.221. The second-order valence-electron chi connectivity index (χ2n) is 7.21.